The van der Waals surface area contributed by atoms with Crippen molar-refractivity contribution in [1.82, 2.24) is 0 Å². The fourth-order valence-electron chi connectivity index (χ4n) is 7.51. The minimum atomic E-state index is -0.0171. The minimum absolute atomic E-state index is 0.0171. The number of hydrogen-bond donors (Lipinski definition) is 0. The first-order valence-corrected chi connectivity index (χ1v) is 16.3. The zero-order valence-electron chi connectivity index (χ0n) is 26.4. The fourth-order valence-corrected chi connectivity index (χ4v) is 7.51. The zero-order chi connectivity index (χ0) is 31.5. The van der Waals surface area contributed by atoms with E-state index in [1.165, 1.54) is 33.4 Å². The molecule has 9 rings (SSSR count). The van der Waals surface area contributed by atoms with Crippen LogP contribution in [0.4, 0.5) is 17.1 Å². The van der Waals surface area contributed by atoms with E-state index in [9.17, 15) is 0 Å². The molecule has 0 atom stereocenters. The Labute approximate surface area is 275 Å². The van der Waals surface area contributed by atoms with E-state index in [0.29, 0.717) is 0 Å². The second-order valence-electron chi connectivity index (χ2n) is 13.0. The van der Waals surface area contributed by atoms with Crippen LogP contribution in [0.5, 0.6) is 0 Å². The largest absolute Gasteiger partial charge is 0.456 e. The molecule has 1 aliphatic rings. The number of hydrogen-bond acceptors (Lipinski definition) is 2. The molecule has 0 fully saturated rings. The third-order valence-electron chi connectivity index (χ3n) is 9.89. The maximum absolute atomic E-state index is 6.20. The van der Waals surface area contributed by atoms with Gasteiger partial charge in [0, 0.05) is 33.1 Å². The summed E-state index contributed by atoms with van der Waals surface area (Å²) in [4.78, 5) is 2.37. The molecule has 2 heteroatoms. The molecule has 224 valence electrons. The molecule has 0 saturated carbocycles. The first-order chi connectivity index (χ1) is 23.1. The highest BCUT2D eigenvalue weighted by Crippen LogP contribution is 2.50. The van der Waals surface area contributed by atoms with Gasteiger partial charge in [-0.3, -0.25) is 0 Å². The van der Waals surface area contributed by atoms with E-state index >= 15 is 0 Å². The molecule has 1 aromatic heterocycles. The quantitative estimate of drug-likeness (QED) is 0.195. The van der Waals surface area contributed by atoms with E-state index in [-0.39, 0.29) is 5.41 Å². The van der Waals surface area contributed by atoms with Crippen LogP contribution < -0.4 is 4.90 Å². The lowest BCUT2D eigenvalue weighted by molar-refractivity contribution is 0.660. The van der Waals surface area contributed by atoms with Gasteiger partial charge in [-0.1, -0.05) is 123 Å². The second kappa shape index (κ2) is 10.6. The molecule has 2 nitrogen and oxygen atoms in total. The van der Waals surface area contributed by atoms with E-state index in [1.54, 1.807) is 0 Å². The van der Waals surface area contributed by atoms with Gasteiger partial charge in [0.2, 0.25) is 0 Å². The summed E-state index contributed by atoms with van der Waals surface area (Å²) in [5.74, 6) is 0. The summed E-state index contributed by atoms with van der Waals surface area (Å²) in [5.41, 5.74) is 15.3. The first kappa shape index (κ1) is 27.5. The lowest BCUT2D eigenvalue weighted by Gasteiger charge is -2.28. The maximum Gasteiger partial charge on any atom is 0.136 e. The van der Waals surface area contributed by atoms with Gasteiger partial charge in [0.05, 0.1) is 5.69 Å². The Kier molecular flexibility index (Phi) is 6.20. The minimum Gasteiger partial charge on any atom is -0.456 e. The topological polar surface area (TPSA) is 16.4 Å². The van der Waals surface area contributed by atoms with E-state index in [1.807, 2.05) is 12.1 Å². The van der Waals surface area contributed by atoms with Gasteiger partial charge in [-0.15, -0.1) is 0 Å². The molecule has 0 radical (unpaired) electrons. The Morgan fingerprint density at radius 2 is 1.04 bits per heavy atom. The van der Waals surface area contributed by atoms with Crippen LogP contribution in [0.2, 0.25) is 0 Å². The van der Waals surface area contributed by atoms with Crippen molar-refractivity contribution in [2.45, 2.75) is 19.3 Å². The fraction of sp³-hybridized carbons (Fsp3) is 0.0667. The third-order valence-corrected chi connectivity index (χ3v) is 9.89. The van der Waals surface area contributed by atoms with Crippen LogP contribution in [-0.2, 0) is 5.41 Å². The highest BCUT2D eigenvalue weighted by Gasteiger charge is 2.35. The summed E-state index contributed by atoms with van der Waals surface area (Å²) in [6.07, 6.45) is 0. The Bertz CT molecular complexity index is 2430. The van der Waals surface area contributed by atoms with Crippen molar-refractivity contribution >= 4 is 39.0 Å². The zero-order valence-corrected chi connectivity index (χ0v) is 26.4. The van der Waals surface area contributed by atoms with Crippen LogP contribution in [0.15, 0.2) is 168 Å². The van der Waals surface area contributed by atoms with Crippen molar-refractivity contribution in [3.05, 3.63) is 175 Å². The van der Waals surface area contributed by atoms with Gasteiger partial charge in [-0.05, 0) is 93.5 Å². The summed E-state index contributed by atoms with van der Waals surface area (Å²) >= 11 is 0. The maximum atomic E-state index is 6.20. The highest BCUT2D eigenvalue weighted by molar-refractivity contribution is 6.06. The van der Waals surface area contributed by atoms with Gasteiger partial charge in [-0.2, -0.15) is 0 Å². The number of nitrogens with zero attached hydrogens (tertiary/aromatic N) is 1. The predicted octanol–water partition coefficient (Wildman–Crippen LogP) is 12.7. The van der Waals surface area contributed by atoms with Crippen molar-refractivity contribution in [2.75, 3.05) is 4.90 Å². The molecule has 7 aromatic carbocycles. The molecule has 0 saturated heterocycles. The van der Waals surface area contributed by atoms with Gasteiger partial charge in [0.1, 0.15) is 11.2 Å². The van der Waals surface area contributed by atoms with Crippen molar-refractivity contribution in [3.63, 3.8) is 0 Å². The van der Waals surface area contributed by atoms with Crippen molar-refractivity contribution in [3.8, 4) is 33.4 Å². The van der Waals surface area contributed by atoms with Gasteiger partial charge < -0.3 is 9.32 Å². The van der Waals surface area contributed by atoms with E-state index in [4.69, 9.17) is 4.42 Å². The normalized spacial score (nSPS) is 13.1. The van der Waals surface area contributed by atoms with Crippen LogP contribution in [0, 0.1) is 0 Å². The average molecular weight is 604 g/mol. The van der Waals surface area contributed by atoms with Crippen LogP contribution in [0.3, 0.4) is 0 Å². The second-order valence-corrected chi connectivity index (χ2v) is 13.0. The molecule has 0 N–H and O–H groups in total. The predicted molar refractivity (Wildman–Crippen MR) is 197 cm³/mol. The smallest absolute Gasteiger partial charge is 0.136 e. The van der Waals surface area contributed by atoms with Crippen LogP contribution in [0.25, 0.3) is 55.3 Å². The molecule has 8 aromatic rings. The van der Waals surface area contributed by atoms with Crippen LogP contribution >= 0.6 is 0 Å². The van der Waals surface area contributed by atoms with Gasteiger partial charge in [0.25, 0.3) is 0 Å². The molecule has 1 heterocycles. The number of anilines is 3. The Morgan fingerprint density at radius 3 is 1.89 bits per heavy atom. The van der Waals surface area contributed by atoms with Crippen molar-refractivity contribution in [1.29, 1.82) is 0 Å². The molecule has 47 heavy (non-hydrogen) atoms. The van der Waals surface area contributed by atoms with E-state index in [0.717, 1.165) is 50.1 Å². The number of fused-ring (bicyclic) bond motifs is 6. The van der Waals surface area contributed by atoms with Gasteiger partial charge >= 0.3 is 0 Å². The van der Waals surface area contributed by atoms with E-state index < -0.39 is 0 Å². The summed E-state index contributed by atoms with van der Waals surface area (Å²) in [6, 6.07) is 58.9. The molecule has 1 aliphatic carbocycles. The number of para-hydroxylation sites is 3. The number of benzene rings is 7. The SMILES string of the molecule is CC1(C)c2ccccc2-c2cc(-c3ccccc3N(c3ccccc3)c3ccc(-c4ccc5c(c4)oc4ccccc45)cc3)ccc21. The molecule has 0 bridgehead atoms. The number of rotatable bonds is 5. The van der Waals surface area contributed by atoms with Crippen LogP contribution in [0.1, 0.15) is 25.0 Å². The molecule has 0 amide bonds. The molecular weight excluding hydrogens is 571 g/mol. The van der Waals surface area contributed by atoms with E-state index in [2.05, 4.69) is 170 Å². The monoisotopic (exact) mass is 603 g/mol. The summed E-state index contributed by atoms with van der Waals surface area (Å²) < 4.78 is 6.20. The number of furan rings is 1. The van der Waals surface area contributed by atoms with Crippen LogP contribution in [-0.4, -0.2) is 0 Å². The highest BCUT2D eigenvalue weighted by atomic mass is 16.3. The van der Waals surface area contributed by atoms with Gasteiger partial charge in [-0.25, -0.2) is 0 Å². The standard InChI is InChI=1S/C45H33NO/c1-45(2)40-17-9-6-15-36(40)39-28-32(23-27-41(39)45)35-14-7-10-18-42(35)46(33-12-4-3-5-13-33)34-24-20-30(21-25-34)31-22-26-38-37-16-8-11-19-43(37)47-44(38)29-31/h3-29H,1-2H3. The molecule has 0 aliphatic heterocycles. The van der Waals surface area contributed by atoms with Crippen molar-refractivity contribution in [2.24, 2.45) is 0 Å². The van der Waals surface area contributed by atoms with Gasteiger partial charge in [0.15, 0.2) is 0 Å². The Morgan fingerprint density at radius 1 is 0.426 bits per heavy atom. The first-order valence-electron chi connectivity index (χ1n) is 16.3. The molecule has 0 spiro atoms. The summed E-state index contributed by atoms with van der Waals surface area (Å²) in [7, 11) is 0. The lowest BCUT2D eigenvalue weighted by Crippen LogP contribution is -2.14. The average Bonchev–Trinajstić information content (AvgIpc) is 3.61. The Hall–Kier alpha value is -5.86. The van der Waals surface area contributed by atoms with Crippen molar-refractivity contribution < 1.29 is 4.42 Å². The third kappa shape index (κ3) is 4.40. The molecule has 0 unspecified atom stereocenters. The summed E-state index contributed by atoms with van der Waals surface area (Å²) in [5, 5.41) is 2.30. The lowest BCUT2D eigenvalue weighted by atomic mass is 9.82. The molecular formula is C45H33NO. The summed E-state index contributed by atoms with van der Waals surface area (Å²) in [6.45, 7) is 4.67. The Balaban J connectivity index is 1.14.